The van der Waals surface area contributed by atoms with Gasteiger partial charge in [0.15, 0.2) is 11.2 Å². The fraction of sp³-hybridized carbons (Fsp3) is 0.667. The van der Waals surface area contributed by atoms with E-state index in [4.69, 9.17) is 0 Å². The summed E-state index contributed by atoms with van der Waals surface area (Å²) in [7, 11) is 0. The molecular weight excluding hydrogens is 298 g/mol. The minimum absolute atomic E-state index is 0.00812. The molecule has 0 bridgehead atoms. The van der Waals surface area contributed by atoms with Gasteiger partial charge in [-0.3, -0.25) is 9.78 Å². The third-order valence-corrected chi connectivity index (χ3v) is 5.47. The third-order valence-electron chi connectivity index (χ3n) is 5.47. The first-order valence-corrected chi connectivity index (χ1v) is 8.10. The number of imidazole rings is 1. The van der Waals surface area contributed by atoms with Crippen molar-refractivity contribution < 1.29 is 10.2 Å². The Hall–Kier alpha value is -1.93. The smallest absolute Gasteiger partial charge is 0.278 e. The highest BCUT2D eigenvalue weighted by atomic mass is 16.3. The lowest BCUT2D eigenvalue weighted by Gasteiger charge is -2.40. The summed E-state index contributed by atoms with van der Waals surface area (Å²) in [6, 6.07) is 0. The van der Waals surface area contributed by atoms with Gasteiger partial charge < -0.3 is 20.5 Å². The molecule has 0 atom stereocenters. The van der Waals surface area contributed by atoms with Crippen molar-refractivity contribution in [3.05, 3.63) is 16.2 Å². The first kappa shape index (κ1) is 14.6. The quantitative estimate of drug-likeness (QED) is 0.542. The van der Waals surface area contributed by atoms with E-state index in [1.807, 2.05) is 0 Å². The molecule has 2 saturated carbocycles. The van der Waals surface area contributed by atoms with Gasteiger partial charge in [0.05, 0.1) is 24.2 Å². The maximum atomic E-state index is 12.3. The summed E-state index contributed by atoms with van der Waals surface area (Å²) >= 11 is 0. The van der Waals surface area contributed by atoms with E-state index < -0.39 is 0 Å². The van der Waals surface area contributed by atoms with Gasteiger partial charge in [-0.05, 0) is 32.1 Å². The van der Waals surface area contributed by atoms with E-state index in [0.29, 0.717) is 22.9 Å². The molecule has 0 amide bonds. The summed E-state index contributed by atoms with van der Waals surface area (Å²) in [6.45, 7) is 0.0254. The van der Waals surface area contributed by atoms with Crippen molar-refractivity contribution in [3.63, 3.8) is 0 Å². The highest BCUT2D eigenvalue weighted by Crippen LogP contribution is 2.42. The number of fused-ring (bicyclic) bond motifs is 1. The van der Waals surface area contributed by atoms with Gasteiger partial charge in [0.1, 0.15) is 5.82 Å². The van der Waals surface area contributed by atoms with E-state index in [0.717, 1.165) is 38.5 Å². The fourth-order valence-corrected chi connectivity index (χ4v) is 3.47. The molecule has 8 nitrogen and oxygen atoms in total. The molecule has 2 aromatic heterocycles. The Bertz CT molecular complexity index is 777. The number of aromatic nitrogens is 4. The number of aliphatic hydroxyl groups excluding tert-OH is 2. The van der Waals surface area contributed by atoms with E-state index in [1.54, 1.807) is 0 Å². The number of nitrogens with one attached hydrogen (secondary N) is 3. The van der Waals surface area contributed by atoms with E-state index >= 15 is 0 Å². The maximum absolute atomic E-state index is 12.3. The van der Waals surface area contributed by atoms with Gasteiger partial charge >= 0.3 is 0 Å². The SMILES string of the molecule is O=c1[nH]c(NC2(CO)CCC2)nc2nc(C3(CO)CCC3)[nH]c12. The number of hydrogen-bond acceptors (Lipinski definition) is 6. The fourth-order valence-electron chi connectivity index (χ4n) is 3.47. The molecule has 124 valence electrons. The van der Waals surface area contributed by atoms with Crippen LogP contribution in [0.1, 0.15) is 44.3 Å². The Morgan fingerprint density at radius 2 is 1.78 bits per heavy atom. The Balaban J connectivity index is 1.71. The summed E-state index contributed by atoms with van der Waals surface area (Å²) in [5, 5.41) is 22.3. The van der Waals surface area contributed by atoms with E-state index in [9.17, 15) is 15.0 Å². The van der Waals surface area contributed by atoms with Crippen molar-refractivity contribution in [1.29, 1.82) is 0 Å². The monoisotopic (exact) mass is 319 g/mol. The standard InChI is InChI=1S/C15H21N5O3/c21-7-14(3-1-4-14)12-16-9-10(17-12)18-13(19-11(9)23)20-15(8-22)5-2-6-15/h21-22H,1-8H2,(H3,16,17,18,19,20,23). The molecule has 2 aliphatic carbocycles. The predicted molar refractivity (Wildman–Crippen MR) is 84.4 cm³/mol. The Morgan fingerprint density at radius 1 is 1.04 bits per heavy atom. The van der Waals surface area contributed by atoms with Crippen molar-refractivity contribution >= 4 is 17.1 Å². The highest BCUT2D eigenvalue weighted by Gasteiger charge is 2.41. The Labute approximate surface area is 132 Å². The Kier molecular flexibility index (Phi) is 3.21. The molecule has 2 fully saturated rings. The van der Waals surface area contributed by atoms with Gasteiger partial charge in [-0.15, -0.1) is 0 Å². The van der Waals surface area contributed by atoms with E-state index in [2.05, 4.69) is 25.3 Å². The van der Waals surface area contributed by atoms with Crippen LogP contribution >= 0.6 is 0 Å². The van der Waals surface area contributed by atoms with Crippen molar-refractivity contribution in [2.75, 3.05) is 18.5 Å². The molecule has 0 aromatic carbocycles. The van der Waals surface area contributed by atoms with Crippen molar-refractivity contribution in [2.45, 2.75) is 49.5 Å². The average Bonchev–Trinajstić information content (AvgIpc) is 2.87. The molecule has 5 N–H and O–H groups in total. The number of rotatable bonds is 5. The normalized spacial score (nSPS) is 21.7. The van der Waals surface area contributed by atoms with Crippen molar-refractivity contribution in [1.82, 2.24) is 19.9 Å². The van der Waals surface area contributed by atoms with Crippen molar-refractivity contribution in [3.8, 4) is 0 Å². The molecule has 2 heterocycles. The summed E-state index contributed by atoms with van der Waals surface area (Å²) in [4.78, 5) is 26.8. The maximum Gasteiger partial charge on any atom is 0.278 e. The zero-order chi connectivity index (χ0) is 16.1. The lowest BCUT2D eigenvalue weighted by Crippen LogP contribution is -2.49. The number of H-pyrrole nitrogens is 2. The van der Waals surface area contributed by atoms with Crippen LogP contribution in [0.25, 0.3) is 11.2 Å². The number of aliphatic hydroxyl groups is 2. The highest BCUT2D eigenvalue weighted by molar-refractivity contribution is 5.71. The molecule has 23 heavy (non-hydrogen) atoms. The zero-order valence-corrected chi connectivity index (χ0v) is 12.9. The van der Waals surface area contributed by atoms with Crippen LogP contribution in [0.5, 0.6) is 0 Å². The molecular formula is C15H21N5O3. The van der Waals surface area contributed by atoms with Gasteiger partial charge in [-0.25, -0.2) is 4.98 Å². The molecule has 0 radical (unpaired) electrons. The number of anilines is 1. The topological polar surface area (TPSA) is 127 Å². The van der Waals surface area contributed by atoms with E-state index in [-0.39, 0.29) is 29.7 Å². The van der Waals surface area contributed by atoms with Crippen LogP contribution in [-0.4, -0.2) is 48.9 Å². The van der Waals surface area contributed by atoms with Gasteiger partial charge in [-0.2, -0.15) is 4.98 Å². The first-order chi connectivity index (χ1) is 11.1. The second-order valence-electron chi connectivity index (χ2n) is 6.91. The van der Waals surface area contributed by atoms with Crippen LogP contribution < -0.4 is 10.9 Å². The molecule has 0 unspecified atom stereocenters. The molecule has 0 spiro atoms. The number of nitrogens with zero attached hydrogens (tertiary/aromatic N) is 2. The summed E-state index contributed by atoms with van der Waals surface area (Å²) in [6.07, 6.45) is 5.52. The number of hydrogen-bond donors (Lipinski definition) is 5. The first-order valence-electron chi connectivity index (χ1n) is 8.10. The lowest BCUT2D eigenvalue weighted by atomic mass is 9.69. The molecule has 2 aliphatic rings. The summed E-state index contributed by atoms with van der Waals surface area (Å²) in [5.74, 6) is 0.970. The third kappa shape index (κ3) is 2.16. The van der Waals surface area contributed by atoms with Crippen LogP contribution in [-0.2, 0) is 5.41 Å². The second kappa shape index (κ2) is 5.04. The van der Waals surface area contributed by atoms with Crippen LogP contribution in [0.2, 0.25) is 0 Å². The van der Waals surface area contributed by atoms with Crippen LogP contribution in [0.15, 0.2) is 4.79 Å². The zero-order valence-electron chi connectivity index (χ0n) is 12.9. The van der Waals surface area contributed by atoms with Crippen LogP contribution in [0, 0.1) is 0 Å². The molecule has 2 aromatic rings. The summed E-state index contributed by atoms with van der Waals surface area (Å²) < 4.78 is 0. The van der Waals surface area contributed by atoms with Gasteiger partial charge in [0.25, 0.3) is 5.56 Å². The minimum atomic E-state index is -0.386. The van der Waals surface area contributed by atoms with Crippen LogP contribution in [0.3, 0.4) is 0 Å². The molecule has 4 rings (SSSR count). The molecule has 0 saturated heterocycles. The number of aromatic amines is 2. The van der Waals surface area contributed by atoms with Gasteiger partial charge in [-0.1, -0.05) is 6.42 Å². The minimum Gasteiger partial charge on any atom is -0.395 e. The predicted octanol–water partition coefficient (Wildman–Crippen LogP) is 0.387. The largest absolute Gasteiger partial charge is 0.395 e. The van der Waals surface area contributed by atoms with Gasteiger partial charge in [0.2, 0.25) is 5.95 Å². The summed E-state index contributed by atoms with van der Waals surface area (Å²) in [5.41, 5.74) is -0.365. The lowest BCUT2D eigenvalue weighted by molar-refractivity contribution is 0.113. The molecule has 0 aliphatic heterocycles. The Morgan fingerprint density at radius 3 is 2.30 bits per heavy atom. The second-order valence-corrected chi connectivity index (χ2v) is 6.91. The molecule has 8 heteroatoms. The van der Waals surface area contributed by atoms with Crippen molar-refractivity contribution in [2.24, 2.45) is 0 Å². The van der Waals surface area contributed by atoms with E-state index in [1.165, 1.54) is 0 Å². The van der Waals surface area contributed by atoms with Crippen LogP contribution in [0.4, 0.5) is 5.95 Å². The average molecular weight is 319 g/mol. The van der Waals surface area contributed by atoms with Gasteiger partial charge in [0, 0.05) is 0 Å².